The van der Waals surface area contributed by atoms with E-state index in [4.69, 9.17) is 5.26 Å². The van der Waals surface area contributed by atoms with Gasteiger partial charge in [0.15, 0.2) is 0 Å². The van der Waals surface area contributed by atoms with Gasteiger partial charge < -0.3 is 5.32 Å². The van der Waals surface area contributed by atoms with Crippen LogP contribution >= 0.6 is 0 Å². The minimum absolute atomic E-state index is 0.149. The van der Waals surface area contributed by atoms with Gasteiger partial charge in [0.25, 0.3) is 0 Å². The maximum Gasteiger partial charge on any atom is 0.234 e. The van der Waals surface area contributed by atoms with Crippen LogP contribution in [0.15, 0.2) is 0 Å². The molecule has 1 aliphatic carbocycles. The van der Waals surface area contributed by atoms with Crippen LogP contribution in [-0.4, -0.2) is 61.0 Å². The first-order chi connectivity index (χ1) is 7.78. The van der Waals surface area contributed by atoms with Crippen LogP contribution in [-0.2, 0) is 4.79 Å². The second-order valence-corrected chi connectivity index (χ2v) is 4.55. The van der Waals surface area contributed by atoms with Crippen LogP contribution in [0.5, 0.6) is 0 Å². The van der Waals surface area contributed by atoms with Crippen LogP contribution < -0.4 is 5.32 Å². The molecule has 0 unspecified atom stereocenters. The summed E-state index contributed by atoms with van der Waals surface area (Å²) in [6.45, 7) is 4.58. The van der Waals surface area contributed by atoms with Crippen LogP contribution in [0.2, 0.25) is 0 Å². The Bertz CT molecular complexity index is 287. The predicted molar refractivity (Wildman–Crippen MR) is 59.7 cm³/mol. The summed E-state index contributed by atoms with van der Waals surface area (Å²) >= 11 is 0. The van der Waals surface area contributed by atoms with Crippen molar-refractivity contribution in [3.63, 3.8) is 0 Å². The third kappa shape index (κ3) is 3.47. The molecule has 88 valence electrons. The Hall–Kier alpha value is -1.12. The van der Waals surface area contributed by atoms with Gasteiger partial charge in [0, 0.05) is 32.2 Å². The van der Waals surface area contributed by atoms with Gasteiger partial charge in [-0.05, 0) is 12.8 Å². The van der Waals surface area contributed by atoms with Gasteiger partial charge in [0.05, 0.1) is 19.2 Å². The minimum Gasteiger partial charge on any atom is -0.352 e. The highest BCUT2D eigenvalue weighted by Gasteiger charge is 2.25. The summed E-state index contributed by atoms with van der Waals surface area (Å²) in [7, 11) is 0. The molecule has 0 radical (unpaired) electrons. The Balaban J connectivity index is 1.64. The van der Waals surface area contributed by atoms with E-state index in [0.29, 0.717) is 19.1 Å². The molecule has 0 bridgehead atoms. The lowest BCUT2D eigenvalue weighted by atomic mass is 10.3. The second kappa shape index (κ2) is 5.28. The number of piperazine rings is 1. The monoisotopic (exact) mass is 222 g/mol. The van der Waals surface area contributed by atoms with Gasteiger partial charge in [0.2, 0.25) is 5.91 Å². The van der Waals surface area contributed by atoms with Gasteiger partial charge in [0.1, 0.15) is 0 Å². The summed E-state index contributed by atoms with van der Waals surface area (Å²) in [4.78, 5) is 15.8. The highest BCUT2D eigenvalue weighted by molar-refractivity contribution is 5.78. The van der Waals surface area contributed by atoms with Gasteiger partial charge >= 0.3 is 0 Å². The SMILES string of the molecule is N#CCN1CCN(CC(=O)NC2CC2)CC1. The number of nitriles is 1. The summed E-state index contributed by atoms with van der Waals surface area (Å²) < 4.78 is 0. The Morgan fingerprint density at radius 3 is 2.44 bits per heavy atom. The first-order valence-corrected chi connectivity index (χ1v) is 5.89. The zero-order valence-corrected chi connectivity index (χ0v) is 9.48. The Morgan fingerprint density at radius 2 is 1.88 bits per heavy atom. The molecule has 0 aromatic heterocycles. The molecule has 0 spiro atoms. The fourth-order valence-electron chi connectivity index (χ4n) is 1.91. The van der Waals surface area contributed by atoms with E-state index < -0.39 is 0 Å². The molecule has 5 nitrogen and oxygen atoms in total. The molecular formula is C11H18N4O. The van der Waals surface area contributed by atoms with Crippen molar-refractivity contribution >= 4 is 5.91 Å². The fraction of sp³-hybridized carbons (Fsp3) is 0.818. The van der Waals surface area contributed by atoms with E-state index in [-0.39, 0.29) is 5.91 Å². The lowest BCUT2D eigenvalue weighted by Gasteiger charge is -2.32. The quantitative estimate of drug-likeness (QED) is 0.646. The maximum atomic E-state index is 11.6. The van der Waals surface area contributed by atoms with Crippen molar-refractivity contribution in [2.45, 2.75) is 18.9 Å². The number of amides is 1. The summed E-state index contributed by atoms with van der Waals surface area (Å²) in [5.74, 6) is 0.149. The third-order valence-electron chi connectivity index (χ3n) is 3.07. The number of hydrogen-bond donors (Lipinski definition) is 1. The molecule has 0 aromatic rings. The van der Waals surface area contributed by atoms with E-state index in [0.717, 1.165) is 39.0 Å². The van der Waals surface area contributed by atoms with Gasteiger partial charge in [-0.15, -0.1) is 0 Å². The molecule has 1 heterocycles. The topological polar surface area (TPSA) is 59.4 Å². The maximum absolute atomic E-state index is 11.6. The van der Waals surface area contributed by atoms with Crippen molar-refractivity contribution < 1.29 is 4.79 Å². The molecule has 1 amide bonds. The summed E-state index contributed by atoms with van der Waals surface area (Å²) in [5.41, 5.74) is 0. The van der Waals surface area contributed by atoms with Crippen LogP contribution in [0.1, 0.15) is 12.8 Å². The number of rotatable bonds is 4. The Labute approximate surface area is 96.0 Å². The molecular weight excluding hydrogens is 204 g/mol. The number of nitrogens with one attached hydrogen (secondary N) is 1. The summed E-state index contributed by atoms with van der Waals surface area (Å²) in [6, 6.07) is 2.61. The van der Waals surface area contributed by atoms with Crippen molar-refractivity contribution in [1.29, 1.82) is 5.26 Å². The standard InChI is InChI=1S/C11H18N4O/c12-3-4-14-5-7-15(8-6-14)9-11(16)13-10-1-2-10/h10H,1-2,4-9H2,(H,13,16). The fourth-order valence-corrected chi connectivity index (χ4v) is 1.91. The molecule has 0 aromatic carbocycles. The van der Waals surface area contributed by atoms with Crippen molar-refractivity contribution in [3.05, 3.63) is 0 Å². The van der Waals surface area contributed by atoms with Crippen LogP contribution in [0, 0.1) is 11.3 Å². The first kappa shape index (κ1) is 11.4. The predicted octanol–water partition coefficient (Wildman–Crippen LogP) is -0.594. The largest absolute Gasteiger partial charge is 0.352 e. The van der Waals surface area contributed by atoms with E-state index in [1.807, 2.05) is 0 Å². The van der Waals surface area contributed by atoms with Gasteiger partial charge in [-0.2, -0.15) is 5.26 Å². The molecule has 2 aliphatic rings. The lowest BCUT2D eigenvalue weighted by Crippen LogP contribution is -2.49. The lowest BCUT2D eigenvalue weighted by molar-refractivity contribution is -0.122. The molecule has 16 heavy (non-hydrogen) atoms. The van der Waals surface area contributed by atoms with E-state index in [2.05, 4.69) is 21.2 Å². The number of carbonyl (C=O) groups excluding carboxylic acids is 1. The van der Waals surface area contributed by atoms with Crippen molar-refractivity contribution in [2.75, 3.05) is 39.3 Å². The van der Waals surface area contributed by atoms with Gasteiger partial charge in [-0.3, -0.25) is 14.6 Å². The van der Waals surface area contributed by atoms with Crippen LogP contribution in [0.4, 0.5) is 0 Å². The summed E-state index contributed by atoms with van der Waals surface area (Å²) in [5, 5.41) is 11.6. The molecule has 2 fully saturated rings. The van der Waals surface area contributed by atoms with E-state index in [1.54, 1.807) is 0 Å². The van der Waals surface area contributed by atoms with Crippen LogP contribution in [0.3, 0.4) is 0 Å². The number of carbonyl (C=O) groups is 1. The highest BCUT2D eigenvalue weighted by Crippen LogP contribution is 2.18. The van der Waals surface area contributed by atoms with Gasteiger partial charge in [-0.25, -0.2) is 0 Å². The van der Waals surface area contributed by atoms with Crippen molar-refractivity contribution in [2.24, 2.45) is 0 Å². The zero-order valence-electron chi connectivity index (χ0n) is 9.48. The third-order valence-corrected chi connectivity index (χ3v) is 3.07. The zero-order chi connectivity index (χ0) is 11.4. The molecule has 5 heteroatoms. The number of hydrogen-bond acceptors (Lipinski definition) is 4. The molecule has 1 saturated carbocycles. The molecule has 1 saturated heterocycles. The smallest absolute Gasteiger partial charge is 0.234 e. The van der Waals surface area contributed by atoms with E-state index >= 15 is 0 Å². The van der Waals surface area contributed by atoms with Gasteiger partial charge in [-0.1, -0.05) is 0 Å². The first-order valence-electron chi connectivity index (χ1n) is 5.89. The van der Waals surface area contributed by atoms with Crippen molar-refractivity contribution in [3.8, 4) is 6.07 Å². The van der Waals surface area contributed by atoms with Crippen molar-refractivity contribution in [1.82, 2.24) is 15.1 Å². The Kier molecular flexibility index (Phi) is 3.75. The Morgan fingerprint density at radius 1 is 1.25 bits per heavy atom. The second-order valence-electron chi connectivity index (χ2n) is 4.55. The minimum atomic E-state index is 0.149. The average molecular weight is 222 g/mol. The molecule has 0 atom stereocenters. The molecule has 1 aliphatic heterocycles. The molecule has 2 rings (SSSR count). The van der Waals surface area contributed by atoms with E-state index in [1.165, 1.54) is 0 Å². The van der Waals surface area contributed by atoms with E-state index in [9.17, 15) is 4.79 Å². The normalized spacial score (nSPS) is 22.7. The highest BCUT2D eigenvalue weighted by atomic mass is 16.2. The van der Waals surface area contributed by atoms with Crippen LogP contribution in [0.25, 0.3) is 0 Å². The molecule has 1 N–H and O–H groups in total. The number of nitrogens with zero attached hydrogens (tertiary/aromatic N) is 3. The average Bonchev–Trinajstić information content (AvgIpc) is 3.05. The summed E-state index contributed by atoms with van der Waals surface area (Å²) in [6.07, 6.45) is 2.28.